The van der Waals surface area contributed by atoms with Gasteiger partial charge in [0, 0.05) is 33.7 Å². The Morgan fingerprint density at radius 1 is 1.26 bits per heavy atom. The van der Waals surface area contributed by atoms with E-state index >= 15 is 0 Å². The molecule has 1 aromatic rings. The molecule has 1 aromatic carbocycles. The Labute approximate surface area is 137 Å². The fourth-order valence-corrected chi connectivity index (χ4v) is 4.00. The highest BCUT2D eigenvalue weighted by Crippen LogP contribution is 2.16. The molecule has 0 radical (unpaired) electrons. The normalized spacial score (nSPS) is 17.0. The smallest absolute Gasteiger partial charge is 0.218 e. The summed E-state index contributed by atoms with van der Waals surface area (Å²) in [6.07, 6.45) is 0. The van der Waals surface area contributed by atoms with E-state index in [1.807, 2.05) is 24.3 Å². The van der Waals surface area contributed by atoms with Crippen molar-refractivity contribution in [1.29, 1.82) is 0 Å². The summed E-state index contributed by atoms with van der Waals surface area (Å²) in [6, 6.07) is 7.56. The Morgan fingerprint density at radius 3 is 2.52 bits per heavy atom. The number of hydrogen-bond donors (Lipinski definition) is 2. The minimum Gasteiger partial charge on any atom is -0.379 e. The average molecular weight is 340 g/mol. The lowest BCUT2D eigenvalue weighted by atomic mass is 10.1. The zero-order valence-electron chi connectivity index (χ0n) is 13.6. The molecule has 0 spiro atoms. The van der Waals surface area contributed by atoms with E-state index in [4.69, 9.17) is 4.74 Å². The number of ether oxygens (including phenoxy) is 1. The molecule has 8 heteroatoms. The van der Waals surface area contributed by atoms with Crippen LogP contribution in [-0.4, -0.2) is 59.1 Å². The number of morpholine rings is 1. The van der Waals surface area contributed by atoms with Crippen LogP contribution < -0.4 is 10.6 Å². The maximum Gasteiger partial charge on any atom is 0.218 e. The monoisotopic (exact) mass is 340 g/mol. The lowest BCUT2D eigenvalue weighted by molar-refractivity contribution is 0.0729. The van der Waals surface area contributed by atoms with Gasteiger partial charge in [-0.1, -0.05) is 24.3 Å². The van der Waals surface area contributed by atoms with Crippen LogP contribution >= 0.6 is 0 Å². The molecule has 0 amide bonds. The second kappa shape index (κ2) is 8.28. The lowest BCUT2D eigenvalue weighted by Gasteiger charge is -2.26. The van der Waals surface area contributed by atoms with Crippen LogP contribution in [0, 0.1) is 0 Å². The number of nitrogens with zero attached hydrogens (tertiary/aromatic N) is 2. The van der Waals surface area contributed by atoms with Crippen LogP contribution in [0.5, 0.6) is 0 Å². The molecular formula is C15H24N4O3S. The third-order valence-electron chi connectivity index (χ3n) is 3.73. The first-order valence-corrected chi connectivity index (χ1v) is 9.18. The molecule has 0 aliphatic carbocycles. The maximum absolute atomic E-state index is 12.6. The van der Waals surface area contributed by atoms with Crippen LogP contribution in [-0.2, 0) is 27.1 Å². The molecule has 1 fully saturated rings. The van der Waals surface area contributed by atoms with Crippen molar-refractivity contribution in [2.45, 2.75) is 12.3 Å². The molecule has 0 aromatic heterocycles. The molecule has 1 heterocycles. The van der Waals surface area contributed by atoms with Crippen molar-refractivity contribution < 1.29 is 13.2 Å². The Bertz CT molecular complexity index is 640. The second-order valence-electron chi connectivity index (χ2n) is 5.21. The zero-order chi connectivity index (χ0) is 16.7. The Hall–Kier alpha value is -1.64. The first-order chi connectivity index (χ1) is 11.1. The van der Waals surface area contributed by atoms with Crippen molar-refractivity contribution >= 4 is 16.0 Å². The molecule has 7 nitrogen and oxygen atoms in total. The van der Waals surface area contributed by atoms with Crippen LogP contribution in [0.4, 0.5) is 0 Å². The third-order valence-corrected chi connectivity index (χ3v) is 5.55. The van der Waals surface area contributed by atoms with Crippen LogP contribution in [0.1, 0.15) is 11.1 Å². The summed E-state index contributed by atoms with van der Waals surface area (Å²) < 4.78 is 31.9. The Balaban J connectivity index is 2.10. The summed E-state index contributed by atoms with van der Waals surface area (Å²) in [6.45, 7) is 2.29. The van der Waals surface area contributed by atoms with E-state index in [9.17, 15) is 8.42 Å². The molecule has 1 saturated heterocycles. The predicted molar refractivity (Wildman–Crippen MR) is 90.7 cm³/mol. The molecule has 0 bridgehead atoms. The first kappa shape index (κ1) is 17.7. The van der Waals surface area contributed by atoms with E-state index in [1.54, 1.807) is 14.1 Å². The molecule has 1 aliphatic rings. The zero-order valence-corrected chi connectivity index (χ0v) is 14.4. The minimum atomic E-state index is -3.33. The molecule has 23 heavy (non-hydrogen) atoms. The van der Waals surface area contributed by atoms with Crippen molar-refractivity contribution in [2.75, 3.05) is 40.4 Å². The molecule has 1 aliphatic heterocycles. The summed E-state index contributed by atoms with van der Waals surface area (Å²) in [5.74, 6) is 0.666. The molecule has 2 rings (SSSR count). The second-order valence-corrected chi connectivity index (χ2v) is 7.18. The highest BCUT2D eigenvalue weighted by atomic mass is 32.2. The number of guanidine groups is 1. The summed E-state index contributed by atoms with van der Waals surface area (Å²) in [5, 5.41) is 6.09. The van der Waals surface area contributed by atoms with Gasteiger partial charge in [0.2, 0.25) is 10.0 Å². The van der Waals surface area contributed by atoms with Crippen LogP contribution in [0.25, 0.3) is 0 Å². The van der Waals surface area contributed by atoms with E-state index < -0.39 is 10.0 Å². The molecule has 0 saturated carbocycles. The summed E-state index contributed by atoms with van der Waals surface area (Å²) in [7, 11) is 0.141. The average Bonchev–Trinajstić information content (AvgIpc) is 2.58. The first-order valence-electron chi connectivity index (χ1n) is 7.57. The van der Waals surface area contributed by atoms with E-state index in [-0.39, 0.29) is 5.75 Å². The van der Waals surface area contributed by atoms with Gasteiger partial charge in [-0.2, -0.15) is 4.31 Å². The van der Waals surface area contributed by atoms with Gasteiger partial charge in [-0.25, -0.2) is 8.42 Å². The third kappa shape index (κ3) is 4.92. The van der Waals surface area contributed by atoms with Crippen molar-refractivity contribution in [1.82, 2.24) is 14.9 Å². The van der Waals surface area contributed by atoms with Gasteiger partial charge in [0.15, 0.2) is 5.96 Å². The van der Waals surface area contributed by atoms with Gasteiger partial charge in [-0.3, -0.25) is 4.99 Å². The van der Waals surface area contributed by atoms with Gasteiger partial charge in [0.25, 0.3) is 0 Å². The van der Waals surface area contributed by atoms with Gasteiger partial charge < -0.3 is 15.4 Å². The standard InChI is InChI=1S/C15H24N4O3S/c1-16-15(17-2)18-11-13-5-3-4-6-14(13)12-23(20,21)19-7-9-22-10-8-19/h3-6H,7-12H2,1-2H3,(H2,16,17,18). The van der Waals surface area contributed by atoms with Crippen LogP contribution in [0.3, 0.4) is 0 Å². The van der Waals surface area contributed by atoms with E-state index in [1.165, 1.54) is 4.31 Å². The summed E-state index contributed by atoms with van der Waals surface area (Å²) in [4.78, 5) is 4.05. The fraction of sp³-hybridized carbons (Fsp3) is 0.533. The quantitative estimate of drug-likeness (QED) is 0.589. The largest absolute Gasteiger partial charge is 0.379 e. The fourth-order valence-electron chi connectivity index (χ4n) is 2.44. The molecule has 0 atom stereocenters. The minimum absolute atomic E-state index is 0.00298. The Kier molecular flexibility index (Phi) is 6.37. The van der Waals surface area contributed by atoms with Gasteiger partial charge in [-0.05, 0) is 11.1 Å². The predicted octanol–water partition coefficient (Wildman–Crippen LogP) is 0.143. The van der Waals surface area contributed by atoms with Crippen molar-refractivity contribution in [3.8, 4) is 0 Å². The topological polar surface area (TPSA) is 83.0 Å². The van der Waals surface area contributed by atoms with Gasteiger partial charge in [-0.15, -0.1) is 0 Å². The highest BCUT2D eigenvalue weighted by Gasteiger charge is 2.25. The van der Waals surface area contributed by atoms with Gasteiger partial charge in [0.05, 0.1) is 19.0 Å². The van der Waals surface area contributed by atoms with Crippen LogP contribution in [0.2, 0.25) is 0 Å². The lowest BCUT2D eigenvalue weighted by Crippen LogP contribution is -2.41. The number of hydrogen-bond acceptors (Lipinski definition) is 4. The number of aliphatic imine (C=N–C) groups is 1. The maximum atomic E-state index is 12.6. The number of benzene rings is 1. The summed E-state index contributed by atoms with van der Waals surface area (Å²) in [5.41, 5.74) is 1.75. The van der Waals surface area contributed by atoms with Gasteiger partial charge in [0.1, 0.15) is 0 Å². The van der Waals surface area contributed by atoms with Gasteiger partial charge >= 0.3 is 0 Å². The summed E-state index contributed by atoms with van der Waals surface area (Å²) >= 11 is 0. The molecular weight excluding hydrogens is 316 g/mol. The molecule has 128 valence electrons. The number of sulfonamides is 1. The SMILES string of the molecule is CN=C(NC)NCc1ccccc1CS(=O)(=O)N1CCOCC1. The highest BCUT2D eigenvalue weighted by molar-refractivity contribution is 7.88. The molecule has 0 unspecified atom stereocenters. The van der Waals surface area contributed by atoms with E-state index in [0.29, 0.717) is 38.8 Å². The Morgan fingerprint density at radius 2 is 1.91 bits per heavy atom. The van der Waals surface area contributed by atoms with E-state index in [0.717, 1.165) is 11.1 Å². The van der Waals surface area contributed by atoms with Crippen LogP contribution in [0.15, 0.2) is 29.3 Å². The number of nitrogens with one attached hydrogen (secondary N) is 2. The van der Waals surface area contributed by atoms with Crippen molar-refractivity contribution in [3.05, 3.63) is 35.4 Å². The van der Waals surface area contributed by atoms with Crippen molar-refractivity contribution in [3.63, 3.8) is 0 Å². The number of rotatable bonds is 5. The van der Waals surface area contributed by atoms with E-state index in [2.05, 4.69) is 15.6 Å². The molecule has 2 N–H and O–H groups in total. The van der Waals surface area contributed by atoms with Crippen molar-refractivity contribution in [2.24, 2.45) is 4.99 Å².